The standard InChI is InChI=1S/C29H31F2N3/c1-3-8-23(4-2)29(13-6-5-7-14-29)24-11-9-20(10-12-24)22-18-33-28(34-19-22)21-15-26(30)25(17-32)27(31)16-21/h9-12,15-16,18-19,23H,3-8,13-14H2,1-2H3. The van der Waals surface area contributed by atoms with Crippen molar-refractivity contribution in [2.75, 3.05) is 0 Å². The van der Waals surface area contributed by atoms with Gasteiger partial charge < -0.3 is 0 Å². The molecule has 3 aromatic rings. The predicted octanol–water partition coefficient (Wildman–Crippen LogP) is 7.99. The second-order valence-electron chi connectivity index (χ2n) is 9.41. The van der Waals surface area contributed by atoms with Crippen LogP contribution in [0.4, 0.5) is 8.78 Å². The second-order valence-corrected chi connectivity index (χ2v) is 9.41. The molecule has 1 unspecified atom stereocenters. The number of hydrogen-bond donors (Lipinski definition) is 0. The molecule has 0 aliphatic heterocycles. The van der Waals surface area contributed by atoms with Crippen LogP contribution in [0.15, 0.2) is 48.8 Å². The van der Waals surface area contributed by atoms with Gasteiger partial charge in [0.25, 0.3) is 0 Å². The van der Waals surface area contributed by atoms with E-state index in [9.17, 15) is 8.78 Å². The van der Waals surface area contributed by atoms with Crippen LogP contribution in [0.25, 0.3) is 22.5 Å². The Bertz CT molecular complexity index is 1130. The first-order valence-electron chi connectivity index (χ1n) is 12.3. The van der Waals surface area contributed by atoms with Gasteiger partial charge in [0.2, 0.25) is 0 Å². The average molecular weight is 460 g/mol. The Morgan fingerprint density at radius 2 is 1.53 bits per heavy atom. The fraction of sp³-hybridized carbons (Fsp3) is 0.414. The van der Waals surface area contributed by atoms with Crippen molar-refractivity contribution >= 4 is 0 Å². The fourth-order valence-electron chi connectivity index (χ4n) is 5.76. The molecule has 0 N–H and O–H groups in total. The minimum atomic E-state index is -0.911. The van der Waals surface area contributed by atoms with Crippen LogP contribution in [-0.4, -0.2) is 9.97 Å². The minimum Gasteiger partial charge on any atom is -0.236 e. The van der Waals surface area contributed by atoms with E-state index in [0.29, 0.717) is 5.92 Å². The van der Waals surface area contributed by atoms with Crippen molar-refractivity contribution in [2.24, 2.45) is 5.92 Å². The lowest BCUT2D eigenvalue weighted by Gasteiger charge is -2.44. The summed E-state index contributed by atoms with van der Waals surface area (Å²) < 4.78 is 28.0. The van der Waals surface area contributed by atoms with Crippen LogP contribution in [0.2, 0.25) is 0 Å². The van der Waals surface area contributed by atoms with Gasteiger partial charge in [-0.3, -0.25) is 0 Å². The summed E-state index contributed by atoms with van der Waals surface area (Å²) in [4.78, 5) is 8.65. The molecule has 4 rings (SSSR count). The molecule has 176 valence electrons. The molecule has 1 aliphatic carbocycles. The van der Waals surface area contributed by atoms with Gasteiger partial charge in [-0.15, -0.1) is 0 Å². The zero-order valence-corrected chi connectivity index (χ0v) is 20.0. The molecule has 0 amide bonds. The van der Waals surface area contributed by atoms with E-state index in [1.165, 1.54) is 63.0 Å². The normalized spacial score (nSPS) is 16.1. The van der Waals surface area contributed by atoms with Crippen LogP contribution < -0.4 is 0 Å². The molecule has 1 aliphatic rings. The fourth-order valence-corrected chi connectivity index (χ4v) is 5.76. The van der Waals surface area contributed by atoms with E-state index >= 15 is 0 Å². The van der Waals surface area contributed by atoms with Gasteiger partial charge in [-0.2, -0.15) is 5.26 Å². The zero-order valence-electron chi connectivity index (χ0n) is 20.0. The molecule has 5 heteroatoms. The number of hydrogen-bond acceptors (Lipinski definition) is 3. The molecule has 1 heterocycles. The quantitative estimate of drug-likeness (QED) is 0.360. The third kappa shape index (κ3) is 4.59. The van der Waals surface area contributed by atoms with Gasteiger partial charge in [0.1, 0.15) is 23.3 Å². The van der Waals surface area contributed by atoms with E-state index in [1.54, 1.807) is 12.4 Å². The minimum absolute atomic E-state index is 0.205. The topological polar surface area (TPSA) is 49.6 Å². The highest BCUT2D eigenvalue weighted by atomic mass is 19.1. The highest BCUT2D eigenvalue weighted by Crippen LogP contribution is 2.48. The largest absolute Gasteiger partial charge is 0.236 e. The maximum absolute atomic E-state index is 14.0. The van der Waals surface area contributed by atoms with E-state index in [4.69, 9.17) is 5.26 Å². The summed E-state index contributed by atoms with van der Waals surface area (Å²) in [6.07, 6.45) is 13.5. The maximum atomic E-state index is 14.0. The van der Waals surface area contributed by atoms with Gasteiger partial charge in [0, 0.05) is 23.5 Å². The van der Waals surface area contributed by atoms with Crippen molar-refractivity contribution < 1.29 is 8.78 Å². The van der Waals surface area contributed by atoms with Gasteiger partial charge >= 0.3 is 0 Å². The first-order chi connectivity index (χ1) is 16.5. The monoisotopic (exact) mass is 459 g/mol. The third-order valence-corrected chi connectivity index (χ3v) is 7.51. The molecule has 3 nitrogen and oxygen atoms in total. The molecule has 1 saturated carbocycles. The van der Waals surface area contributed by atoms with Gasteiger partial charge in [0.05, 0.1) is 0 Å². The summed E-state index contributed by atoms with van der Waals surface area (Å²) >= 11 is 0. The van der Waals surface area contributed by atoms with Crippen molar-refractivity contribution in [3.8, 4) is 28.6 Å². The Labute approximate surface area is 200 Å². The zero-order chi connectivity index (χ0) is 24.1. The van der Waals surface area contributed by atoms with Crippen LogP contribution in [0.1, 0.15) is 76.3 Å². The molecule has 1 fully saturated rings. The summed E-state index contributed by atoms with van der Waals surface area (Å²) in [5.74, 6) is -0.898. The number of nitrogens with zero attached hydrogens (tertiary/aromatic N) is 3. The number of aromatic nitrogens is 2. The van der Waals surface area contributed by atoms with Crippen molar-refractivity contribution in [1.29, 1.82) is 5.26 Å². The lowest BCUT2D eigenvalue weighted by atomic mass is 9.60. The molecular weight excluding hydrogens is 428 g/mol. The van der Waals surface area contributed by atoms with Crippen molar-refractivity contribution in [2.45, 2.75) is 70.6 Å². The number of rotatable bonds is 7. The lowest BCUT2D eigenvalue weighted by Crippen LogP contribution is -2.37. The predicted molar refractivity (Wildman–Crippen MR) is 131 cm³/mol. The summed E-state index contributed by atoms with van der Waals surface area (Å²) in [6.45, 7) is 4.61. The molecular formula is C29H31F2N3. The first kappa shape index (κ1) is 24.0. The summed E-state index contributed by atoms with van der Waals surface area (Å²) in [7, 11) is 0. The Kier molecular flexibility index (Phi) is 7.36. The van der Waals surface area contributed by atoms with E-state index < -0.39 is 17.2 Å². The van der Waals surface area contributed by atoms with E-state index in [2.05, 4.69) is 48.1 Å². The van der Waals surface area contributed by atoms with Gasteiger partial charge in [-0.1, -0.05) is 70.2 Å². The smallest absolute Gasteiger partial charge is 0.159 e. The summed E-state index contributed by atoms with van der Waals surface area (Å²) in [6, 6.07) is 12.6. The van der Waals surface area contributed by atoms with Crippen LogP contribution in [0.5, 0.6) is 0 Å². The average Bonchev–Trinajstić information content (AvgIpc) is 2.87. The number of benzene rings is 2. The highest BCUT2D eigenvalue weighted by molar-refractivity contribution is 5.64. The third-order valence-electron chi connectivity index (χ3n) is 7.51. The van der Waals surface area contributed by atoms with Crippen LogP contribution >= 0.6 is 0 Å². The van der Waals surface area contributed by atoms with Crippen LogP contribution in [0, 0.1) is 28.9 Å². The molecule has 0 bridgehead atoms. The summed E-state index contributed by atoms with van der Waals surface area (Å²) in [5, 5.41) is 8.85. The molecule has 0 saturated heterocycles. The first-order valence-corrected chi connectivity index (χ1v) is 12.3. The SMILES string of the molecule is CCCC(CC)C1(c2ccc(-c3cnc(-c4cc(F)c(C#N)c(F)c4)nc3)cc2)CCCCC1. The molecule has 2 aromatic carbocycles. The van der Waals surface area contributed by atoms with Gasteiger partial charge in [-0.25, -0.2) is 18.7 Å². The number of halogens is 2. The second kappa shape index (κ2) is 10.4. The van der Waals surface area contributed by atoms with Gasteiger partial charge in [-0.05, 0) is 53.9 Å². The van der Waals surface area contributed by atoms with Crippen LogP contribution in [0.3, 0.4) is 0 Å². The Morgan fingerprint density at radius 1 is 0.912 bits per heavy atom. The van der Waals surface area contributed by atoms with Gasteiger partial charge in [0.15, 0.2) is 5.82 Å². The molecule has 1 atom stereocenters. The summed E-state index contributed by atoms with van der Waals surface area (Å²) in [5.41, 5.74) is 3.19. The Balaban J connectivity index is 1.60. The highest BCUT2D eigenvalue weighted by Gasteiger charge is 2.39. The lowest BCUT2D eigenvalue weighted by molar-refractivity contribution is 0.173. The van der Waals surface area contributed by atoms with Crippen molar-refractivity contribution in [1.82, 2.24) is 9.97 Å². The molecule has 0 spiro atoms. The van der Waals surface area contributed by atoms with E-state index in [0.717, 1.165) is 23.3 Å². The van der Waals surface area contributed by atoms with E-state index in [1.807, 2.05) is 0 Å². The Hall–Kier alpha value is -3.13. The molecule has 1 aromatic heterocycles. The maximum Gasteiger partial charge on any atom is 0.159 e. The van der Waals surface area contributed by atoms with Crippen LogP contribution in [-0.2, 0) is 5.41 Å². The van der Waals surface area contributed by atoms with Crippen molar-refractivity contribution in [3.63, 3.8) is 0 Å². The molecule has 34 heavy (non-hydrogen) atoms. The van der Waals surface area contributed by atoms with Crippen molar-refractivity contribution in [3.05, 3.63) is 71.6 Å². The molecule has 0 radical (unpaired) electrons. The Morgan fingerprint density at radius 3 is 2.06 bits per heavy atom. The number of nitriles is 1. The van der Waals surface area contributed by atoms with E-state index in [-0.39, 0.29) is 16.8 Å².